The van der Waals surface area contributed by atoms with Crippen LogP contribution in [-0.2, 0) is 4.74 Å². The summed E-state index contributed by atoms with van der Waals surface area (Å²) < 4.78 is 5.65. The van der Waals surface area contributed by atoms with Crippen molar-refractivity contribution in [3.8, 4) is 0 Å². The molecule has 0 aromatic rings. The second-order valence-electron chi connectivity index (χ2n) is 6.97. The molecule has 3 aliphatic rings. The predicted molar refractivity (Wildman–Crippen MR) is 78.4 cm³/mol. The van der Waals surface area contributed by atoms with Gasteiger partial charge in [0.05, 0.1) is 13.2 Å². The minimum absolute atomic E-state index is 0.563. The van der Waals surface area contributed by atoms with Gasteiger partial charge in [-0.05, 0) is 37.5 Å². The molecule has 1 atom stereocenters. The van der Waals surface area contributed by atoms with E-state index >= 15 is 0 Å². The van der Waals surface area contributed by atoms with Crippen LogP contribution in [0.3, 0.4) is 0 Å². The molecule has 0 aromatic heterocycles. The summed E-state index contributed by atoms with van der Waals surface area (Å²) in [5.41, 5.74) is 0.563. The summed E-state index contributed by atoms with van der Waals surface area (Å²) in [5.74, 6) is 0. The molecule has 1 saturated heterocycles. The Bertz CT molecular complexity index is 284. The third-order valence-corrected chi connectivity index (χ3v) is 5.37. The molecular formula is C16H30N2O. The average molecular weight is 266 g/mol. The van der Waals surface area contributed by atoms with Gasteiger partial charge in [0.2, 0.25) is 0 Å². The van der Waals surface area contributed by atoms with E-state index in [-0.39, 0.29) is 0 Å². The fourth-order valence-electron chi connectivity index (χ4n) is 3.87. The van der Waals surface area contributed by atoms with Crippen molar-refractivity contribution in [3.05, 3.63) is 0 Å². The lowest BCUT2D eigenvalue weighted by atomic mass is 9.84. The number of hydrogen-bond acceptors (Lipinski definition) is 3. The van der Waals surface area contributed by atoms with Crippen LogP contribution in [0.5, 0.6) is 0 Å². The molecule has 1 heterocycles. The molecule has 19 heavy (non-hydrogen) atoms. The van der Waals surface area contributed by atoms with Gasteiger partial charge in [-0.1, -0.05) is 19.8 Å². The lowest BCUT2D eigenvalue weighted by molar-refractivity contribution is -0.0275. The number of nitrogens with zero attached hydrogens (tertiary/aromatic N) is 1. The van der Waals surface area contributed by atoms with Crippen molar-refractivity contribution in [1.29, 1.82) is 0 Å². The fraction of sp³-hybridized carbons (Fsp3) is 1.00. The zero-order valence-electron chi connectivity index (χ0n) is 12.5. The topological polar surface area (TPSA) is 24.5 Å². The maximum Gasteiger partial charge on any atom is 0.0622 e. The zero-order valence-corrected chi connectivity index (χ0v) is 12.5. The largest absolute Gasteiger partial charge is 0.378 e. The molecular weight excluding hydrogens is 236 g/mol. The van der Waals surface area contributed by atoms with E-state index in [2.05, 4.69) is 17.1 Å². The van der Waals surface area contributed by atoms with E-state index in [1.54, 1.807) is 0 Å². The van der Waals surface area contributed by atoms with Crippen molar-refractivity contribution in [3.63, 3.8) is 0 Å². The zero-order chi connectivity index (χ0) is 13.1. The first-order chi connectivity index (χ1) is 9.31. The summed E-state index contributed by atoms with van der Waals surface area (Å²) in [6, 6.07) is 1.51. The number of ether oxygens (including phenoxy) is 1. The molecule has 3 fully saturated rings. The molecule has 0 radical (unpaired) electrons. The van der Waals surface area contributed by atoms with E-state index in [4.69, 9.17) is 4.74 Å². The standard InChI is InChI=1S/C16H30N2O/c1-2-15-11-19-10-9-18(15)13-16(7-3-4-8-16)12-17-14-5-6-14/h14-15,17H,2-13H2,1H3. The Morgan fingerprint density at radius 3 is 2.74 bits per heavy atom. The molecule has 3 nitrogen and oxygen atoms in total. The van der Waals surface area contributed by atoms with Crippen molar-refractivity contribution in [2.24, 2.45) is 5.41 Å². The molecule has 0 spiro atoms. The van der Waals surface area contributed by atoms with Crippen LogP contribution >= 0.6 is 0 Å². The molecule has 2 saturated carbocycles. The van der Waals surface area contributed by atoms with Crippen molar-refractivity contribution >= 4 is 0 Å². The molecule has 3 heteroatoms. The Balaban J connectivity index is 1.58. The lowest BCUT2D eigenvalue weighted by Gasteiger charge is -2.42. The van der Waals surface area contributed by atoms with Gasteiger partial charge in [-0.25, -0.2) is 0 Å². The molecule has 0 bridgehead atoms. The van der Waals surface area contributed by atoms with Crippen molar-refractivity contribution in [2.75, 3.05) is 32.8 Å². The van der Waals surface area contributed by atoms with Crippen LogP contribution in [0.1, 0.15) is 51.9 Å². The fourth-order valence-corrected chi connectivity index (χ4v) is 3.87. The summed E-state index contributed by atoms with van der Waals surface area (Å²) in [4.78, 5) is 2.73. The summed E-state index contributed by atoms with van der Waals surface area (Å²) in [6.45, 7) is 7.88. The number of nitrogens with one attached hydrogen (secondary N) is 1. The van der Waals surface area contributed by atoms with Gasteiger partial charge in [0.15, 0.2) is 0 Å². The SMILES string of the molecule is CCC1COCCN1CC1(CNC2CC2)CCCC1. The highest BCUT2D eigenvalue weighted by atomic mass is 16.5. The van der Waals surface area contributed by atoms with Gasteiger partial charge in [0.1, 0.15) is 0 Å². The van der Waals surface area contributed by atoms with Crippen molar-refractivity contribution < 1.29 is 4.74 Å². The Kier molecular flexibility index (Phi) is 4.45. The first-order valence-corrected chi connectivity index (χ1v) is 8.36. The van der Waals surface area contributed by atoms with Crippen molar-refractivity contribution in [1.82, 2.24) is 10.2 Å². The molecule has 110 valence electrons. The maximum atomic E-state index is 5.65. The molecule has 2 aliphatic carbocycles. The molecule has 0 aromatic carbocycles. The minimum Gasteiger partial charge on any atom is -0.378 e. The summed E-state index contributed by atoms with van der Waals surface area (Å²) in [5, 5.41) is 3.80. The second kappa shape index (κ2) is 6.11. The first kappa shape index (κ1) is 13.8. The second-order valence-corrected chi connectivity index (χ2v) is 6.97. The Morgan fingerprint density at radius 2 is 2.05 bits per heavy atom. The third-order valence-electron chi connectivity index (χ3n) is 5.37. The lowest BCUT2D eigenvalue weighted by Crippen LogP contribution is -2.51. The highest BCUT2D eigenvalue weighted by Gasteiger charge is 2.38. The van der Waals surface area contributed by atoms with E-state index in [1.165, 1.54) is 58.0 Å². The van der Waals surface area contributed by atoms with E-state index in [0.717, 1.165) is 25.8 Å². The molecule has 1 N–H and O–H groups in total. The number of hydrogen-bond donors (Lipinski definition) is 1. The third kappa shape index (κ3) is 3.50. The highest BCUT2D eigenvalue weighted by molar-refractivity contribution is 4.94. The van der Waals surface area contributed by atoms with Gasteiger partial charge >= 0.3 is 0 Å². The van der Waals surface area contributed by atoms with Crippen LogP contribution < -0.4 is 5.32 Å². The average Bonchev–Trinajstić information content (AvgIpc) is 3.17. The van der Waals surface area contributed by atoms with Crippen LogP contribution in [0, 0.1) is 5.41 Å². The summed E-state index contributed by atoms with van der Waals surface area (Å²) in [6.07, 6.45) is 9.78. The monoisotopic (exact) mass is 266 g/mol. The molecule has 1 unspecified atom stereocenters. The van der Waals surface area contributed by atoms with Crippen LogP contribution in [0.25, 0.3) is 0 Å². The van der Waals surface area contributed by atoms with Crippen molar-refractivity contribution in [2.45, 2.75) is 64.0 Å². The van der Waals surface area contributed by atoms with Gasteiger partial charge in [0, 0.05) is 31.7 Å². The van der Waals surface area contributed by atoms with E-state index < -0.39 is 0 Å². The van der Waals surface area contributed by atoms with E-state index in [1.807, 2.05) is 0 Å². The van der Waals surface area contributed by atoms with E-state index in [9.17, 15) is 0 Å². The quantitative estimate of drug-likeness (QED) is 0.799. The Morgan fingerprint density at radius 1 is 1.26 bits per heavy atom. The number of rotatable bonds is 6. The number of morpholine rings is 1. The minimum atomic E-state index is 0.563. The predicted octanol–water partition coefficient (Wildman–Crippen LogP) is 2.41. The van der Waals surface area contributed by atoms with Gasteiger partial charge < -0.3 is 10.1 Å². The van der Waals surface area contributed by atoms with Gasteiger partial charge in [-0.2, -0.15) is 0 Å². The highest BCUT2D eigenvalue weighted by Crippen LogP contribution is 2.39. The van der Waals surface area contributed by atoms with Crippen LogP contribution in [0.2, 0.25) is 0 Å². The summed E-state index contributed by atoms with van der Waals surface area (Å²) >= 11 is 0. The normalized spacial score (nSPS) is 31.7. The van der Waals surface area contributed by atoms with Gasteiger partial charge in [-0.15, -0.1) is 0 Å². The van der Waals surface area contributed by atoms with Crippen LogP contribution in [0.15, 0.2) is 0 Å². The smallest absolute Gasteiger partial charge is 0.0622 e. The van der Waals surface area contributed by atoms with Crippen LogP contribution in [-0.4, -0.2) is 49.8 Å². The first-order valence-electron chi connectivity index (χ1n) is 8.36. The molecule has 3 rings (SSSR count). The van der Waals surface area contributed by atoms with Gasteiger partial charge in [-0.3, -0.25) is 4.90 Å². The van der Waals surface area contributed by atoms with E-state index in [0.29, 0.717) is 11.5 Å². The maximum absolute atomic E-state index is 5.65. The summed E-state index contributed by atoms with van der Waals surface area (Å²) in [7, 11) is 0. The van der Waals surface area contributed by atoms with Gasteiger partial charge in [0.25, 0.3) is 0 Å². The molecule has 0 amide bonds. The van der Waals surface area contributed by atoms with Crippen LogP contribution in [0.4, 0.5) is 0 Å². The Labute approximate surface area is 118 Å². The Hall–Kier alpha value is -0.120. The molecule has 1 aliphatic heterocycles.